The van der Waals surface area contributed by atoms with E-state index >= 15 is 0 Å². The minimum atomic E-state index is 0.248. The molecule has 3 fully saturated rings. The SMILES string of the molecule is O=C(CC1CCCN1)N1CCN(C(=O)C2CC2)CC1. The standard InChI is InChI=1S/C14H23N3O2/c18-13(10-12-2-1-5-15-12)16-6-8-17(9-7-16)14(19)11-3-4-11/h11-12,15H,1-10H2. The van der Waals surface area contributed by atoms with Gasteiger partial charge >= 0.3 is 0 Å². The first-order chi connectivity index (χ1) is 9.24. The van der Waals surface area contributed by atoms with Crippen LogP contribution in [0.2, 0.25) is 0 Å². The third-order valence-corrected chi connectivity index (χ3v) is 4.45. The van der Waals surface area contributed by atoms with Crippen LogP contribution in [0.25, 0.3) is 0 Å². The summed E-state index contributed by atoms with van der Waals surface area (Å²) in [5.74, 6) is 0.854. The van der Waals surface area contributed by atoms with Crippen molar-refractivity contribution in [2.45, 2.75) is 38.1 Å². The van der Waals surface area contributed by atoms with E-state index in [2.05, 4.69) is 5.32 Å². The molecule has 1 N–H and O–H groups in total. The maximum absolute atomic E-state index is 12.2. The number of hydrogen-bond acceptors (Lipinski definition) is 3. The topological polar surface area (TPSA) is 52.7 Å². The Bertz CT molecular complexity index is 354. The van der Waals surface area contributed by atoms with Crippen LogP contribution in [0.5, 0.6) is 0 Å². The molecule has 3 aliphatic rings. The van der Waals surface area contributed by atoms with Crippen LogP contribution in [0.3, 0.4) is 0 Å². The van der Waals surface area contributed by atoms with Crippen LogP contribution in [0.4, 0.5) is 0 Å². The Balaban J connectivity index is 1.43. The van der Waals surface area contributed by atoms with Gasteiger partial charge in [-0.15, -0.1) is 0 Å². The molecule has 1 saturated carbocycles. The lowest BCUT2D eigenvalue weighted by Gasteiger charge is -2.35. The molecule has 3 rings (SSSR count). The Kier molecular flexibility index (Phi) is 3.73. The number of nitrogens with zero attached hydrogens (tertiary/aromatic N) is 2. The molecule has 1 aliphatic carbocycles. The largest absolute Gasteiger partial charge is 0.339 e. The number of hydrogen-bond donors (Lipinski definition) is 1. The minimum absolute atomic E-state index is 0.248. The fraction of sp³-hybridized carbons (Fsp3) is 0.857. The molecule has 2 amide bonds. The van der Waals surface area contributed by atoms with Gasteiger partial charge in [0.25, 0.3) is 0 Å². The first-order valence-corrected chi connectivity index (χ1v) is 7.54. The molecule has 19 heavy (non-hydrogen) atoms. The van der Waals surface area contributed by atoms with Crippen molar-refractivity contribution in [1.29, 1.82) is 0 Å². The van der Waals surface area contributed by atoms with Gasteiger partial charge in [-0.1, -0.05) is 0 Å². The molecular formula is C14H23N3O2. The first-order valence-electron chi connectivity index (χ1n) is 7.54. The van der Waals surface area contributed by atoms with Gasteiger partial charge in [0.15, 0.2) is 0 Å². The number of amides is 2. The fourth-order valence-corrected chi connectivity index (χ4v) is 3.04. The quantitative estimate of drug-likeness (QED) is 0.793. The summed E-state index contributed by atoms with van der Waals surface area (Å²) in [6.07, 6.45) is 5.04. The lowest BCUT2D eigenvalue weighted by molar-refractivity contribution is -0.140. The summed E-state index contributed by atoms with van der Waals surface area (Å²) >= 11 is 0. The van der Waals surface area contributed by atoms with Crippen molar-refractivity contribution < 1.29 is 9.59 Å². The van der Waals surface area contributed by atoms with Crippen molar-refractivity contribution in [1.82, 2.24) is 15.1 Å². The summed E-state index contributed by atoms with van der Waals surface area (Å²) in [5.41, 5.74) is 0. The zero-order chi connectivity index (χ0) is 13.2. The number of carbonyl (C=O) groups is 2. The Hall–Kier alpha value is -1.10. The molecule has 2 saturated heterocycles. The van der Waals surface area contributed by atoms with Gasteiger partial charge in [0.05, 0.1) is 0 Å². The molecule has 5 heteroatoms. The lowest BCUT2D eigenvalue weighted by atomic mass is 10.1. The molecule has 1 unspecified atom stereocenters. The maximum atomic E-state index is 12.2. The van der Waals surface area contributed by atoms with E-state index in [9.17, 15) is 9.59 Å². The molecule has 0 radical (unpaired) electrons. The summed E-state index contributed by atoms with van der Waals surface area (Å²) in [7, 11) is 0. The summed E-state index contributed by atoms with van der Waals surface area (Å²) in [6.45, 7) is 3.91. The average Bonchev–Trinajstić information content (AvgIpc) is 3.17. The van der Waals surface area contributed by atoms with Gasteiger partial charge in [0.2, 0.25) is 11.8 Å². The van der Waals surface area contributed by atoms with E-state index < -0.39 is 0 Å². The van der Waals surface area contributed by atoms with E-state index in [4.69, 9.17) is 0 Å². The number of nitrogens with one attached hydrogen (secondary N) is 1. The summed E-state index contributed by atoms with van der Waals surface area (Å²) in [5, 5.41) is 3.36. The van der Waals surface area contributed by atoms with Crippen LogP contribution >= 0.6 is 0 Å². The Morgan fingerprint density at radius 2 is 1.68 bits per heavy atom. The van der Waals surface area contributed by atoms with Crippen molar-refractivity contribution >= 4 is 11.8 Å². The predicted molar refractivity (Wildman–Crippen MR) is 71.5 cm³/mol. The van der Waals surface area contributed by atoms with E-state index in [0.29, 0.717) is 37.4 Å². The van der Waals surface area contributed by atoms with Crippen molar-refractivity contribution in [2.75, 3.05) is 32.7 Å². The molecule has 0 aromatic heterocycles. The van der Waals surface area contributed by atoms with E-state index in [1.807, 2.05) is 9.80 Å². The molecule has 1 atom stereocenters. The van der Waals surface area contributed by atoms with Gasteiger partial charge in [-0.2, -0.15) is 0 Å². The summed E-state index contributed by atoms with van der Waals surface area (Å²) in [6, 6.07) is 0.374. The number of carbonyl (C=O) groups excluding carboxylic acids is 2. The van der Waals surface area contributed by atoms with Crippen molar-refractivity contribution in [3.8, 4) is 0 Å². The van der Waals surface area contributed by atoms with Crippen molar-refractivity contribution in [2.24, 2.45) is 5.92 Å². The molecular weight excluding hydrogens is 242 g/mol. The molecule has 2 aliphatic heterocycles. The van der Waals surface area contributed by atoms with E-state index in [0.717, 1.165) is 38.9 Å². The maximum Gasteiger partial charge on any atom is 0.225 e. The Morgan fingerprint density at radius 3 is 2.26 bits per heavy atom. The second kappa shape index (κ2) is 5.49. The molecule has 2 heterocycles. The first kappa shape index (κ1) is 12.9. The fourth-order valence-electron chi connectivity index (χ4n) is 3.04. The highest BCUT2D eigenvalue weighted by atomic mass is 16.2. The smallest absolute Gasteiger partial charge is 0.225 e. The third-order valence-electron chi connectivity index (χ3n) is 4.45. The second-order valence-electron chi connectivity index (χ2n) is 5.98. The molecule has 0 aromatic rings. The van der Waals surface area contributed by atoms with Gasteiger partial charge < -0.3 is 15.1 Å². The van der Waals surface area contributed by atoms with Gasteiger partial charge in [-0.3, -0.25) is 9.59 Å². The lowest BCUT2D eigenvalue weighted by Crippen LogP contribution is -2.51. The minimum Gasteiger partial charge on any atom is -0.339 e. The summed E-state index contributed by atoms with van der Waals surface area (Å²) in [4.78, 5) is 28.0. The molecule has 0 spiro atoms. The monoisotopic (exact) mass is 265 g/mol. The molecule has 5 nitrogen and oxygen atoms in total. The Labute approximate surface area is 114 Å². The van der Waals surface area contributed by atoms with E-state index in [-0.39, 0.29) is 5.91 Å². The van der Waals surface area contributed by atoms with Crippen LogP contribution in [-0.2, 0) is 9.59 Å². The highest BCUT2D eigenvalue weighted by Gasteiger charge is 2.35. The zero-order valence-corrected chi connectivity index (χ0v) is 11.4. The van der Waals surface area contributed by atoms with Gasteiger partial charge in [-0.05, 0) is 32.2 Å². The van der Waals surface area contributed by atoms with Gasteiger partial charge in [0.1, 0.15) is 0 Å². The predicted octanol–water partition coefficient (Wildman–Crippen LogP) is 0.209. The summed E-state index contributed by atoms with van der Waals surface area (Å²) < 4.78 is 0. The van der Waals surface area contributed by atoms with Crippen LogP contribution in [-0.4, -0.2) is 60.4 Å². The molecule has 106 valence electrons. The number of rotatable bonds is 3. The highest BCUT2D eigenvalue weighted by molar-refractivity contribution is 5.82. The van der Waals surface area contributed by atoms with Crippen LogP contribution in [0.15, 0.2) is 0 Å². The van der Waals surface area contributed by atoms with Crippen molar-refractivity contribution in [3.63, 3.8) is 0 Å². The number of piperazine rings is 1. The van der Waals surface area contributed by atoms with Crippen LogP contribution in [0.1, 0.15) is 32.1 Å². The zero-order valence-electron chi connectivity index (χ0n) is 11.4. The normalized spacial score (nSPS) is 27.7. The van der Waals surface area contributed by atoms with Gasteiger partial charge in [-0.25, -0.2) is 0 Å². The second-order valence-corrected chi connectivity index (χ2v) is 5.98. The Morgan fingerprint density at radius 1 is 1.00 bits per heavy atom. The van der Waals surface area contributed by atoms with Gasteiger partial charge in [0, 0.05) is 44.6 Å². The highest BCUT2D eigenvalue weighted by Crippen LogP contribution is 2.31. The van der Waals surface area contributed by atoms with E-state index in [1.54, 1.807) is 0 Å². The average molecular weight is 265 g/mol. The van der Waals surface area contributed by atoms with Crippen LogP contribution in [0, 0.1) is 5.92 Å². The van der Waals surface area contributed by atoms with Crippen LogP contribution < -0.4 is 5.32 Å². The van der Waals surface area contributed by atoms with E-state index in [1.165, 1.54) is 6.42 Å². The molecule has 0 bridgehead atoms. The third kappa shape index (κ3) is 3.08. The molecule has 0 aromatic carbocycles. The van der Waals surface area contributed by atoms with Crippen molar-refractivity contribution in [3.05, 3.63) is 0 Å².